The lowest BCUT2D eigenvalue weighted by molar-refractivity contribution is -0.117. The molecule has 2 aliphatic heterocycles. The van der Waals surface area contributed by atoms with Gasteiger partial charge in [0, 0.05) is 73.1 Å². The summed E-state index contributed by atoms with van der Waals surface area (Å²) < 4.78 is 0. The van der Waals surface area contributed by atoms with E-state index in [1.54, 1.807) is 12.4 Å². The Morgan fingerprint density at radius 1 is 1.00 bits per heavy atom. The molecule has 7 heterocycles. The van der Waals surface area contributed by atoms with Gasteiger partial charge in [-0.15, -0.1) is 0 Å². The first-order valence-corrected chi connectivity index (χ1v) is 14.3. The molecule has 0 unspecified atom stereocenters. The zero-order chi connectivity index (χ0) is 27.8. The van der Waals surface area contributed by atoms with E-state index >= 15 is 0 Å². The van der Waals surface area contributed by atoms with E-state index in [4.69, 9.17) is 4.98 Å². The Morgan fingerprint density at radius 2 is 1.83 bits per heavy atom. The van der Waals surface area contributed by atoms with Gasteiger partial charge in [0.15, 0.2) is 5.65 Å². The number of amides is 1. The van der Waals surface area contributed by atoms with Gasteiger partial charge in [0.2, 0.25) is 5.91 Å². The minimum Gasteiger partial charge on any atom is -0.353 e. The summed E-state index contributed by atoms with van der Waals surface area (Å²) in [6.07, 6.45) is 9.76. The molecule has 4 N–H and O–H groups in total. The molecule has 2 saturated heterocycles. The number of hydrogen-bond donors (Lipinski definition) is 4. The molecule has 7 rings (SSSR count). The van der Waals surface area contributed by atoms with Gasteiger partial charge in [0.05, 0.1) is 23.1 Å². The molecule has 0 aromatic carbocycles. The summed E-state index contributed by atoms with van der Waals surface area (Å²) in [7, 11) is 2.16. The average Bonchev–Trinajstić information content (AvgIpc) is 3.62. The zero-order valence-electron chi connectivity index (χ0n) is 23.2. The van der Waals surface area contributed by atoms with Crippen molar-refractivity contribution in [3.05, 3.63) is 49.1 Å². The maximum atomic E-state index is 12.7. The molecular formula is C30H34N10O. The Kier molecular flexibility index (Phi) is 6.81. The van der Waals surface area contributed by atoms with E-state index in [0.29, 0.717) is 23.7 Å². The number of carbonyl (C=O) groups is 1. The molecule has 0 spiro atoms. The van der Waals surface area contributed by atoms with Gasteiger partial charge in [-0.1, -0.05) is 0 Å². The average molecular weight is 551 g/mol. The molecule has 5 aromatic heterocycles. The summed E-state index contributed by atoms with van der Waals surface area (Å²) >= 11 is 0. The first-order chi connectivity index (χ1) is 20.1. The number of hydrogen-bond acceptors (Lipinski definition) is 8. The molecule has 0 radical (unpaired) electrons. The van der Waals surface area contributed by atoms with E-state index in [0.717, 1.165) is 96.7 Å². The molecule has 5 aromatic rings. The summed E-state index contributed by atoms with van der Waals surface area (Å²) in [4.78, 5) is 34.7. The number of anilines is 2. The predicted molar refractivity (Wildman–Crippen MR) is 161 cm³/mol. The molecule has 41 heavy (non-hydrogen) atoms. The Hall–Kier alpha value is -4.35. The Bertz CT molecular complexity index is 1690. The Balaban J connectivity index is 1.16. The number of carbonyl (C=O) groups excluding carboxylic acids is 1. The van der Waals surface area contributed by atoms with Crippen molar-refractivity contribution in [2.45, 2.75) is 19.3 Å². The van der Waals surface area contributed by atoms with Gasteiger partial charge in [0.25, 0.3) is 0 Å². The van der Waals surface area contributed by atoms with Crippen molar-refractivity contribution in [2.75, 3.05) is 56.5 Å². The summed E-state index contributed by atoms with van der Waals surface area (Å²) in [5.74, 6) is 1.46. The van der Waals surface area contributed by atoms with Crippen molar-refractivity contribution < 1.29 is 4.79 Å². The normalized spacial score (nSPS) is 17.0. The molecule has 0 saturated carbocycles. The van der Waals surface area contributed by atoms with Gasteiger partial charge in [-0.05, 0) is 63.2 Å². The third kappa shape index (κ3) is 5.25. The zero-order valence-corrected chi connectivity index (χ0v) is 23.2. The maximum Gasteiger partial charge on any atom is 0.224 e. The van der Waals surface area contributed by atoms with Crippen LogP contribution in [-0.4, -0.2) is 87.3 Å². The van der Waals surface area contributed by atoms with E-state index in [9.17, 15) is 4.79 Å². The number of pyridine rings is 3. The number of nitrogens with one attached hydrogen (secondary N) is 4. The standard InChI is InChI=1S/C30H34N10O/c1-39-8-10-40(11-9-39)30-23-15-26(36-25(23)4-7-33-30)28-24-14-21(17-34-29(24)38-37-28)20-13-22(18-32-16-20)35-27(41)12-19-2-5-31-6-3-19/h4,7,13-19,31,36H,2-3,5-6,8-12H2,1H3,(H,35,41)(H,34,37,38). The largest absolute Gasteiger partial charge is 0.353 e. The molecule has 0 atom stereocenters. The van der Waals surface area contributed by atoms with Gasteiger partial charge in [-0.3, -0.25) is 14.9 Å². The number of piperazine rings is 1. The van der Waals surface area contributed by atoms with E-state index in [-0.39, 0.29) is 5.91 Å². The van der Waals surface area contributed by atoms with E-state index in [2.05, 4.69) is 64.8 Å². The number of nitrogens with zero attached hydrogens (tertiary/aromatic N) is 6. The minimum absolute atomic E-state index is 0.0331. The fraction of sp³-hybridized carbons (Fsp3) is 0.367. The molecule has 0 bridgehead atoms. The van der Waals surface area contributed by atoms with Crippen molar-refractivity contribution in [1.29, 1.82) is 0 Å². The third-order valence-electron chi connectivity index (χ3n) is 8.29. The van der Waals surface area contributed by atoms with Gasteiger partial charge in [-0.25, -0.2) is 9.97 Å². The minimum atomic E-state index is 0.0331. The number of aromatic amines is 2. The third-order valence-corrected chi connectivity index (χ3v) is 8.29. The van der Waals surface area contributed by atoms with Crippen LogP contribution in [0.15, 0.2) is 49.1 Å². The second-order valence-electron chi connectivity index (χ2n) is 11.2. The smallest absolute Gasteiger partial charge is 0.224 e. The van der Waals surface area contributed by atoms with Crippen LogP contribution in [0, 0.1) is 5.92 Å². The fourth-order valence-electron chi connectivity index (χ4n) is 5.93. The van der Waals surface area contributed by atoms with Crippen molar-refractivity contribution in [3.63, 3.8) is 0 Å². The number of likely N-dealkylation sites (N-methyl/N-ethyl adjacent to an activating group) is 1. The summed E-state index contributed by atoms with van der Waals surface area (Å²) in [5.41, 5.74) is 5.91. The lowest BCUT2D eigenvalue weighted by Gasteiger charge is -2.33. The molecule has 2 aliphatic rings. The summed E-state index contributed by atoms with van der Waals surface area (Å²) in [5, 5.41) is 16.1. The van der Waals surface area contributed by atoms with E-state index < -0.39 is 0 Å². The lowest BCUT2D eigenvalue weighted by Crippen LogP contribution is -2.44. The molecular weight excluding hydrogens is 516 g/mol. The summed E-state index contributed by atoms with van der Waals surface area (Å²) in [6, 6.07) is 8.17. The highest BCUT2D eigenvalue weighted by Crippen LogP contribution is 2.34. The molecule has 0 aliphatic carbocycles. The molecule has 2 fully saturated rings. The molecule has 1 amide bonds. The maximum absolute atomic E-state index is 12.7. The van der Waals surface area contributed by atoms with Crippen LogP contribution in [0.1, 0.15) is 19.3 Å². The van der Waals surface area contributed by atoms with Crippen molar-refractivity contribution in [1.82, 2.24) is 40.3 Å². The van der Waals surface area contributed by atoms with Gasteiger partial charge in [0.1, 0.15) is 11.5 Å². The number of piperidine rings is 1. The highest BCUT2D eigenvalue weighted by molar-refractivity contribution is 5.99. The van der Waals surface area contributed by atoms with Crippen molar-refractivity contribution in [3.8, 4) is 22.5 Å². The summed E-state index contributed by atoms with van der Waals surface area (Å²) in [6.45, 7) is 5.90. The van der Waals surface area contributed by atoms with E-state index in [1.165, 1.54) is 0 Å². The van der Waals surface area contributed by atoms with Crippen LogP contribution in [0.25, 0.3) is 44.5 Å². The van der Waals surface area contributed by atoms with Crippen LogP contribution in [-0.2, 0) is 4.79 Å². The second-order valence-corrected chi connectivity index (χ2v) is 11.2. The number of rotatable bonds is 6. The SMILES string of the molecule is CN1CCN(c2nccc3[nH]c(-c4n[nH]c5ncc(-c6cncc(NC(=O)CC7CCNCC7)c6)cc45)cc23)CC1. The second kappa shape index (κ2) is 10.9. The quantitative estimate of drug-likeness (QED) is 0.252. The number of aromatic nitrogens is 6. The highest BCUT2D eigenvalue weighted by atomic mass is 16.1. The highest BCUT2D eigenvalue weighted by Gasteiger charge is 2.21. The first kappa shape index (κ1) is 25.6. The predicted octanol–water partition coefficient (Wildman–Crippen LogP) is 3.64. The molecule has 11 nitrogen and oxygen atoms in total. The van der Waals surface area contributed by atoms with Gasteiger partial charge < -0.3 is 25.4 Å². The van der Waals surface area contributed by atoms with Crippen LogP contribution in [0.2, 0.25) is 0 Å². The van der Waals surface area contributed by atoms with Gasteiger partial charge in [-0.2, -0.15) is 5.10 Å². The van der Waals surface area contributed by atoms with E-state index in [1.807, 2.05) is 24.5 Å². The fourth-order valence-corrected chi connectivity index (χ4v) is 5.93. The Morgan fingerprint density at radius 3 is 2.68 bits per heavy atom. The van der Waals surface area contributed by atoms with Gasteiger partial charge >= 0.3 is 0 Å². The number of H-pyrrole nitrogens is 2. The molecule has 11 heteroatoms. The van der Waals surface area contributed by atoms with Crippen molar-refractivity contribution >= 4 is 39.3 Å². The monoisotopic (exact) mass is 550 g/mol. The van der Waals surface area contributed by atoms with Crippen LogP contribution >= 0.6 is 0 Å². The molecule has 210 valence electrons. The number of fused-ring (bicyclic) bond motifs is 2. The first-order valence-electron chi connectivity index (χ1n) is 14.3. The lowest BCUT2D eigenvalue weighted by atomic mass is 9.94. The van der Waals surface area contributed by atoms with Crippen LogP contribution in [0.5, 0.6) is 0 Å². The Labute approximate surface area is 237 Å². The van der Waals surface area contributed by atoms with Crippen LogP contribution in [0.3, 0.4) is 0 Å². The van der Waals surface area contributed by atoms with Crippen LogP contribution in [0.4, 0.5) is 11.5 Å². The van der Waals surface area contributed by atoms with Crippen LogP contribution < -0.4 is 15.5 Å². The topological polar surface area (TPSA) is 131 Å². The van der Waals surface area contributed by atoms with Crippen molar-refractivity contribution in [2.24, 2.45) is 5.92 Å².